The van der Waals surface area contributed by atoms with Crippen LogP contribution in [0.15, 0.2) is 71.6 Å². The molecule has 0 aromatic heterocycles. The molecule has 2 N–H and O–H groups in total. The highest BCUT2D eigenvalue weighted by molar-refractivity contribution is 8.00. The summed E-state index contributed by atoms with van der Waals surface area (Å²) < 4.78 is 11.1. The molecule has 0 fully saturated rings. The van der Waals surface area contributed by atoms with E-state index in [0.717, 1.165) is 16.2 Å². The van der Waals surface area contributed by atoms with Crippen LogP contribution in [0, 0.1) is 6.92 Å². The number of hydrogen-bond donors (Lipinski definition) is 2. The zero-order valence-electron chi connectivity index (χ0n) is 17.7. The van der Waals surface area contributed by atoms with Gasteiger partial charge in [0.15, 0.2) is 11.5 Å². The summed E-state index contributed by atoms with van der Waals surface area (Å²) in [4.78, 5) is 26.2. The lowest BCUT2D eigenvalue weighted by Crippen LogP contribution is -2.25. The van der Waals surface area contributed by atoms with Crippen LogP contribution in [0.25, 0.3) is 0 Å². The van der Waals surface area contributed by atoms with Gasteiger partial charge in [-0.25, -0.2) is 0 Å². The molecule has 0 saturated heterocycles. The summed E-state index contributed by atoms with van der Waals surface area (Å²) in [6.45, 7) is 3.50. The molecule has 1 aliphatic rings. The minimum absolute atomic E-state index is 0.191. The molecular weight excluding hydrogens is 424 g/mol. The number of rotatable bonds is 7. The molecule has 0 unspecified atom stereocenters. The van der Waals surface area contributed by atoms with Gasteiger partial charge in [0.05, 0.1) is 17.0 Å². The third-order valence-corrected chi connectivity index (χ3v) is 5.90. The molecule has 2 amide bonds. The number of nitrogens with one attached hydrogen (secondary N) is 2. The predicted molar refractivity (Wildman–Crippen MR) is 126 cm³/mol. The quantitative estimate of drug-likeness (QED) is 0.523. The number of para-hydroxylation sites is 1. The van der Waals surface area contributed by atoms with Crippen LogP contribution in [-0.2, 0) is 11.3 Å². The van der Waals surface area contributed by atoms with Gasteiger partial charge in [-0.3, -0.25) is 9.59 Å². The summed E-state index contributed by atoms with van der Waals surface area (Å²) in [7, 11) is 0. The average molecular weight is 449 g/mol. The van der Waals surface area contributed by atoms with Crippen LogP contribution in [0.5, 0.6) is 11.5 Å². The lowest BCUT2D eigenvalue weighted by molar-refractivity contribution is -0.113. The van der Waals surface area contributed by atoms with E-state index in [9.17, 15) is 9.59 Å². The Hall–Kier alpha value is -3.45. The third kappa shape index (κ3) is 5.62. The van der Waals surface area contributed by atoms with Crippen LogP contribution in [-0.4, -0.2) is 30.8 Å². The van der Waals surface area contributed by atoms with Crippen molar-refractivity contribution in [1.82, 2.24) is 5.32 Å². The summed E-state index contributed by atoms with van der Waals surface area (Å²) in [5.41, 5.74) is 3.10. The van der Waals surface area contributed by atoms with Gasteiger partial charge in [-0.15, -0.1) is 11.8 Å². The molecule has 6 nitrogen and oxygen atoms in total. The maximum atomic E-state index is 12.7. The van der Waals surface area contributed by atoms with Crippen molar-refractivity contribution in [3.63, 3.8) is 0 Å². The first kappa shape index (κ1) is 21.8. The number of amides is 2. The van der Waals surface area contributed by atoms with E-state index < -0.39 is 0 Å². The molecule has 0 saturated carbocycles. The summed E-state index contributed by atoms with van der Waals surface area (Å²) in [5.74, 6) is 1.19. The SMILES string of the molecule is Cc1ccc(CNC(=O)c2ccccc2NC(=O)CSc2ccc3c(c2)OCCO3)cc1. The van der Waals surface area contributed by atoms with Crippen LogP contribution >= 0.6 is 11.8 Å². The highest BCUT2D eigenvalue weighted by Gasteiger charge is 2.15. The number of ether oxygens (including phenoxy) is 2. The Kier molecular flexibility index (Phi) is 6.97. The number of fused-ring (bicyclic) bond motifs is 1. The molecule has 164 valence electrons. The number of carbonyl (C=O) groups is 2. The van der Waals surface area contributed by atoms with Gasteiger partial charge in [0.25, 0.3) is 5.91 Å². The van der Waals surface area contributed by atoms with E-state index in [1.807, 2.05) is 49.4 Å². The molecule has 3 aromatic rings. The van der Waals surface area contributed by atoms with Gasteiger partial charge < -0.3 is 20.1 Å². The van der Waals surface area contributed by atoms with Gasteiger partial charge >= 0.3 is 0 Å². The fourth-order valence-corrected chi connectivity index (χ4v) is 3.95. The average Bonchev–Trinajstić information content (AvgIpc) is 2.82. The Morgan fingerprint density at radius 2 is 1.69 bits per heavy atom. The first-order valence-electron chi connectivity index (χ1n) is 10.3. The van der Waals surface area contributed by atoms with Crippen molar-refractivity contribution in [1.29, 1.82) is 0 Å². The van der Waals surface area contributed by atoms with Crippen LogP contribution in [0.4, 0.5) is 5.69 Å². The van der Waals surface area contributed by atoms with Crippen molar-refractivity contribution >= 4 is 29.3 Å². The standard InChI is InChI=1S/C25H24N2O4S/c1-17-6-8-18(9-7-17)15-26-25(29)20-4-2-3-5-21(20)27-24(28)16-32-19-10-11-22-23(14-19)31-13-12-30-22/h2-11,14H,12-13,15-16H2,1H3,(H,26,29)(H,27,28). The summed E-state index contributed by atoms with van der Waals surface area (Å²) in [5, 5.41) is 5.77. The molecule has 1 aliphatic heterocycles. The molecule has 4 rings (SSSR count). The van der Waals surface area contributed by atoms with E-state index in [4.69, 9.17) is 9.47 Å². The van der Waals surface area contributed by atoms with Gasteiger partial charge in [-0.1, -0.05) is 42.0 Å². The summed E-state index contributed by atoms with van der Waals surface area (Å²) >= 11 is 1.40. The third-order valence-electron chi connectivity index (χ3n) is 4.90. The van der Waals surface area contributed by atoms with E-state index >= 15 is 0 Å². The molecule has 1 heterocycles. The number of carbonyl (C=O) groups excluding carboxylic acids is 2. The lowest BCUT2D eigenvalue weighted by Gasteiger charge is -2.18. The van der Waals surface area contributed by atoms with Gasteiger partial charge in [0, 0.05) is 11.4 Å². The molecule has 0 radical (unpaired) electrons. The summed E-state index contributed by atoms with van der Waals surface area (Å²) in [6, 6.07) is 20.6. The minimum Gasteiger partial charge on any atom is -0.486 e. The number of benzene rings is 3. The molecule has 7 heteroatoms. The molecule has 0 aliphatic carbocycles. The number of thioether (sulfide) groups is 1. The Bertz CT molecular complexity index is 1120. The van der Waals surface area contributed by atoms with Gasteiger partial charge in [-0.2, -0.15) is 0 Å². The highest BCUT2D eigenvalue weighted by Crippen LogP contribution is 2.34. The Balaban J connectivity index is 1.34. The smallest absolute Gasteiger partial charge is 0.253 e. The Labute approximate surface area is 191 Å². The minimum atomic E-state index is -0.235. The Morgan fingerprint density at radius 3 is 2.50 bits per heavy atom. The van der Waals surface area contributed by atoms with E-state index in [-0.39, 0.29) is 17.6 Å². The second kappa shape index (κ2) is 10.2. The van der Waals surface area contributed by atoms with E-state index in [1.165, 1.54) is 17.3 Å². The fraction of sp³-hybridized carbons (Fsp3) is 0.200. The molecule has 0 bridgehead atoms. The topological polar surface area (TPSA) is 76.7 Å². The largest absolute Gasteiger partial charge is 0.486 e. The van der Waals surface area contributed by atoms with E-state index in [0.29, 0.717) is 36.8 Å². The van der Waals surface area contributed by atoms with Crippen LogP contribution < -0.4 is 20.1 Å². The van der Waals surface area contributed by atoms with Crippen molar-refractivity contribution in [3.05, 3.63) is 83.4 Å². The van der Waals surface area contributed by atoms with Crippen molar-refractivity contribution in [3.8, 4) is 11.5 Å². The first-order chi connectivity index (χ1) is 15.6. The maximum Gasteiger partial charge on any atom is 0.253 e. The maximum absolute atomic E-state index is 12.7. The van der Waals surface area contributed by atoms with Crippen molar-refractivity contribution in [2.45, 2.75) is 18.4 Å². The van der Waals surface area contributed by atoms with Crippen molar-refractivity contribution in [2.75, 3.05) is 24.3 Å². The van der Waals surface area contributed by atoms with Gasteiger partial charge in [0.2, 0.25) is 5.91 Å². The van der Waals surface area contributed by atoms with Crippen molar-refractivity contribution < 1.29 is 19.1 Å². The second-order valence-electron chi connectivity index (χ2n) is 7.36. The number of hydrogen-bond acceptors (Lipinski definition) is 5. The zero-order valence-corrected chi connectivity index (χ0v) is 18.5. The molecule has 0 spiro atoms. The monoisotopic (exact) mass is 448 g/mol. The number of anilines is 1. The van der Waals surface area contributed by atoms with Crippen LogP contribution in [0.3, 0.4) is 0 Å². The van der Waals surface area contributed by atoms with E-state index in [2.05, 4.69) is 10.6 Å². The molecule has 3 aromatic carbocycles. The number of aryl methyl sites for hydroxylation is 1. The van der Waals surface area contributed by atoms with Crippen LogP contribution in [0.1, 0.15) is 21.5 Å². The molecular formula is C25H24N2O4S. The Morgan fingerprint density at radius 1 is 0.938 bits per heavy atom. The second-order valence-corrected chi connectivity index (χ2v) is 8.40. The molecule has 0 atom stereocenters. The van der Waals surface area contributed by atoms with Gasteiger partial charge in [-0.05, 0) is 42.8 Å². The summed E-state index contributed by atoms with van der Waals surface area (Å²) in [6.07, 6.45) is 0. The first-order valence-corrected chi connectivity index (χ1v) is 11.3. The lowest BCUT2D eigenvalue weighted by atomic mass is 10.1. The normalized spacial score (nSPS) is 12.2. The van der Waals surface area contributed by atoms with Gasteiger partial charge in [0.1, 0.15) is 13.2 Å². The molecule has 32 heavy (non-hydrogen) atoms. The fourth-order valence-electron chi connectivity index (χ4n) is 3.22. The predicted octanol–water partition coefficient (Wildman–Crippen LogP) is 4.43. The van der Waals surface area contributed by atoms with Crippen LogP contribution in [0.2, 0.25) is 0 Å². The zero-order chi connectivity index (χ0) is 22.3. The van der Waals surface area contributed by atoms with E-state index in [1.54, 1.807) is 24.3 Å². The van der Waals surface area contributed by atoms with Crippen molar-refractivity contribution in [2.24, 2.45) is 0 Å². The highest BCUT2D eigenvalue weighted by atomic mass is 32.2.